The minimum absolute atomic E-state index is 0.0304. The van der Waals surface area contributed by atoms with E-state index < -0.39 is 5.97 Å². The van der Waals surface area contributed by atoms with Crippen LogP contribution in [-0.4, -0.2) is 56.5 Å². The molecule has 1 aliphatic heterocycles. The first-order valence-corrected chi connectivity index (χ1v) is 16.6. The summed E-state index contributed by atoms with van der Waals surface area (Å²) < 4.78 is 10.8. The SMILES string of the molecule is CC(C)(C)c1cc(N(C(=O)[C@H]2CC[C@H](C)CC2)[C@H]2CC[C@H](Oc3nc(CN4CCCC4)ns3)CC2)c(C(=O)O)s1. The molecule has 0 spiro atoms. The van der Waals surface area contributed by atoms with Gasteiger partial charge in [0.2, 0.25) is 5.91 Å². The Morgan fingerprint density at radius 2 is 1.75 bits per heavy atom. The first-order valence-electron chi connectivity index (χ1n) is 15.0. The van der Waals surface area contributed by atoms with Crippen LogP contribution < -0.4 is 9.64 Å². The third kappa shape index (κ3) is 6.87. The van der Waals surface area contributed by atoms with Crippen molar-refractivity contribution >= 4 is 40.4 Å². The van der Waals surface area contributed by atoms with Gasteiger partial charge in [0.25, 0.3) is 5.19 Å². The van der Waals surface area contributed by atoms with Crippen molar-refractivity contribution in [1.82, 2.24) is 14.3 Å². The number of likely N-dealkylation sites (tertiary alicyclic amines) is 1. The van der Waals surface area contributed by atoms with E-state index in [-0.39, 0.29) is 34.3 Å². The van der Waals surface area contributed by atoms with Gasteiger partial charge >= 0.3 is 5.97 Å². The maximum atomic E-state index is 14.1. The lowest BCUT2D eigenvalue weighted by molar-refractivity contribution is -0.124. The average Bonchev–Trinajstić information content (AvgIpc) is 3.68. The molecule has 0 bridgehead atoms. The third-order valence-corrected chi connectivity index (χ3v) is 11.0. The van der Waals surface area contributed by atoms with E-state index in [1.807, 2.05) is 11.0 Å². The third-order valence-electron chi connectivity index (χ3n) is 8.80. The summed E-state index contributed by atoms with van der Waals surface area (Å²) in [5.74, 6) is 0.587. The molecule has 1 saturated heterocycles. The Bertz CT molecular complexity index is 1170. The van der Waals surface area contributed by atoms with Crippen LogP contribution in [0.4, 0.5) is 5.69 Å². The number of hydrogen-bond acceptors (Lipinski definition) is 8. The highest BCUT2D eigenvalue weighted by Gasteiger charge is 2.38. The van der Waals surface area contributed by atoms with Gasteiger partial charge in [-0.25, -0.2) is 4.79 Å². The molecule has 3 heterocycles. The second-order valence-corrected chi connectivity index (χ2v) is 14.8. The van der Waals surface area contributed by atoms with Crippen LogP contribution >= 0.6 is 22.9 Å². The van der Waals surface area contributed by atoms with Crippen LogP contribution in [0.3, 0.4) is 0 Å². The van der Waals surface area contributed by atoms with Crippen LogP contribution in [-0.2, 0) is 16.8 Å². The second-order valence-electron chi connectivity index (χ2n) is 13.1. The maximum Gasteiger partial charge on any atom is 0.348 e. The number of carbonyl (C=O) groups is 2. The molecule has 220 valence electrons. The van der Waals surface area contributed by atoms with Crippen LogP contribution in [0, 0.1) is 11.8 Å². The number of carboxylic acids is 1. The molecule has 8 nitrogen and oxygen atoms in total. The second kappa shape index (κ2) is 12.4. The summed E-state index contributed by atoms with van der Waals surface area (Å²) in [4.78, 5) is 36.7. The fraction of sp³-hybridized carbons (Fsp3) is 0.733. The molecule has 1 N–H and O–H groups in total. The summed E-state index contributed by atoms with van der Waals surface area (Å²) in [6.07, 6.45) is 9.53. The lowest BCUT2D eigenvalue weighted by Crippen LogP contribution is -2.47. The van der Waals surface area contributed by atoms with Crippen molar-refractivity contribution in [2.24, 2.45) is 11.8 Å². The van der Waals surface area contributed by atoms with E-state index in [0.29, 0.717) is 16.8 Å². The van der Waals surface area contributed by atoms with Crippen LogP contribution in [0.25, 0.3) is 0 Å². The molecular formula is C30H44N4O4S2. The standard InChI is InChI=1S/C30H44N4O4S2/c1-19-7-9-20(10-8-19)27(35)34(23-17-24(30(2,3)4)39-26(23)28(36)37)21-11-13-22(14-12-21)38-29-31-25(32-40-29)18-33-15-5-6-16-33/h17,19-22H,5-16,18H2,1-4H3,(H,36,37)/t19-,20-,21-,22-. The molecule has 5 rings (SSSR count). The highest BCUT2D eigenvalue weighted by Crippen LogP contribution is 2.42. The van der Waals surface area contributed by atoms with Gasteiger partial charge in [0.05, 0.1) is 12.2 Å². The minimum atomic E-state index is -0.955. The Balaban J connectivity index is 1.31. The maximum absolute atomic E-state index is 14.1. The van der Waals surface area contributed by atoms with Gasteiger partial charge in [0, 0.05) is 28.4 Å². The van der Waals surface area contributed by atoms with Crippen LogP contribution in [0.1, 0.15) is 112 Å². The zero-order chi connectivity index (χ0) is 28.4. The number of ether oxygens (including phenoxy) is 1. The molecule has 2 aromatic rings. The summed E-state index contributed by atoms with van der Waals surface area (Å²) in [7, 11) is 0. The molecule has 0 aromatic carbocycles. The lowest BCUT2D eigenvalue weighted by Gasteiger charge is -2.39. The quantitative estimate of drug-likeness (QED) is 0.365. The average molecular weight is 589 g/mol. The van der Waals surface area contributed by atoms with Crippen LogP contribution in [0.15, 0.2) is 6.07 Å². The zero-order valence-electron chi connectivity index (χ0n) is 24.4. The smallest absolute Gasteiger partial charge is 0.348 e. The molecule has 2 saturated carbocycles. The van der Waals surface area contributed by atoms with E-state index in [1.165, 1.54) is 35.7 Å². The van der Waals surface area contributed by atoms with Gasteiger partial charge in [-0.3, -0.25) is 9.69 Å². The number of aromatic nitrogens is 2. The fourth-order valence-electron chi connectivity index (χ4n) is 6.34. The number of rotatable bonds is 8. The predicted molar refractivity (Wildman–Crippen MR) is 160 cm³/mol. The van der Waals surface area contributed by atoms with E-state index in [2.05, 4.69) is 42.0 Å². The number of carbonyl (C=O) groups excluding carboxylic acids is 1. The Morgan fingerprint density at radius 3 is 2.38 bits per heavy atom. The van der Waals surface area contributed by atoms with E-state index in [0.717, 1.165) is 81.7 Å². The Hall–Kier alpha value is -2.04. The van der Waals surface area contributed by atoms with Crippen LogP contribution in [0.2, 0.25) is 0 Å². The number of amides is 1. The molecule has 0 unspecified atom stereocenters. The van der Waals surface area contributed by atoms with E-state index >= 15 is 0 Å². The molecule has 0 atom stereocenters. The largest absolute Gasteiger partial charge is 0.477 e. The molecule has 3 fully saturated rings. The van der Waals surface area contributed by atoms with Crippen LogP contribution in [0.5, 0.6) is 5.19 Å². The first-order chi connectivity index (χ1) is 19.1. The number of anilines is 1. The molecule has 2 aliphatic carbocycles. The Labute approximate surface area is 246 Å². The van der Waals surface area contributed by atoms with Gasteiger partial charge in [0.1, 0.15) is 11.0 Å². The Kier molecular flexibility index (Phi) is 9.17. The predicted octanol–water partition coefficient (Wildman–Crippen LogP) is 6.74. The van der Waals surface area contributed by atoms with E-state index in [1.54, 1.807) is 0 Å². The van der Waals surface area contributed by atoms with Crippen molar-refractivity contribution < 1.29 is 19.4 Å². The minimum Gasteiger partial charge on any atom is -0.477 e. The number of thiophene rings is 1. The molecular weight excluding hydrogens is 544 g/mol. The highest BCUT2D eigenvalue weighted by atomic mass is 32.1. The van der Waals surface area contributed by atoms with Crippen molar-refractivity contribution in [3.8, 4) is 5.19 Å². The van der Waals surface area contributed by atoms with Gasteiger partial charge in [-0.2, -0.15) is 9.36 Å². The van der Waals surface area contributed by atoms with Crippen molar-refractivity contribution in [2.45, 2.75) is 116 Å². The molecule has 3 aliphatic rings. The normalized spacial score (nSPS) is 26.1. The topological polar surface area (TPSA) is 95.9 Å². The molecule has 2 aromatic heterocycles. The van der Waals surface area contributed by atoms with Crippen molar-refractivity contribution in [3.63, 3.8) is 0 Å². The summed E-state index contributed by atoms with van der Waals surface area (Å²) in [5, 5.41) is 10.8. The van der Waals surface area contributed by atoms with Gasteiger partial charge in [-0.1, -0.05) is 27.7 Å². The van der Waals surface area contributed by atoms with Gasteiger partial charge < -0.3 is 14.7 Å². The van der Waals surface area contributed by atoms with Crippen molar-refractivity contribution in [1.29, 1.82) is 0 Å². The molecule has 1 amide bonds. The number of aromatic carboxylic acids is 1. The van der Waals surface area contributed by atoms with E-state index in [4.69, 9.17) is 4.74 Å². The summed E-state index contributed by atoms with van der Waals surface area (Å²) in [6, 6.07) is 1.94. The lowest BCUT2D eigenvalue weighted by atomic mass is 9.81. The monoisotopic (exact) mass is 588 g/mol. The highest BCUT2D eigenvalue weighted by molar-refractivity contribution is 7.14. The fourth-order valence-corrected chi connectivity index (χ4v) is 7.99. The van der Waals surface area contributed by atoms with Gasteiger partial charge in [-0.15, -0.1) is 11.3 Å². The van der Waals surface area contributed by atoms with Gasteiger partial charge in [0.15, 0.2) is 5.82 Å². The molecule has 40 heavy (non-hydrogen) atoms. The number of hydrogen-bond donors (Lipinski definition) is 1. The summed E-state index contributed by atoms with van der Waals surface area (Å²) in [6.45, 7) is 11.5. The zero-order valence-corrected chi connectivity index (χ0v) is 26.0. The number of nitrogens with zero attached hydrogens (tertiary/aromatic N) is 4. The molecule has 0 radical (unpaired) electrons. The first kappa shape index (κ1) is 29.5. The Morgan fingerprint density at radius 1 is 1.07 bits per heavy atom. The summed E-state index contributed by atoms with van der Waals surface area (Å²) >= 11 is 2.64. The number of carboxylic acid groups (broad SMARTS) is 1. The van der Waals surface area contributed by atoms with E-state index in [9.17, 15) is 14.7 Å². The summed E-state index contributed by atoms with van der Waals surface area (Å²) in [5.41, 5.74) is 0.397. The van der Waals surface area contributed by atoms with Crippen molar-refractivity contribution in [2.75, 3.05) is 18.0 Å². The van der Waals surface area contributed by atoms with Gasteiger partial charge in [-0.05, 0) is 94.7 Å². The molecule has 10 heteroatoms. The van der Waals surface area contributed by atoms with Crippen molar-refractivity contribution in [3.05, 3.63) is 21.6 Å².